The number of carbonyl (C=O) groups is 2. The van der Waals surface area contributed by atoms with Gasteiger partial charge in [-0.15, -0.1) is 0 Å². The van der Waals surface area contributed by atoms with E-state index in [-0.39, 0.29) is 18.2 Å². The number of hydrogen-bond donors (Lipinski definition) is 0. The molecule has 0 saturated heterocycles. The first-order valence-electron chi connectivity index (χ1n) is 6.81. The fourth-order valence-corrected chi connectivity index (χ4v) is 2.07. The molecule has 21 heavy (non-hydrogen) atoms. The van der Waals surface area contributed by atoms with Gasteiger partial charge in [0, 0.05) is 11.1 Å². The van der Waals surface area contributed by atoms with Gasteiger partial charge in [0.05, 0.1) is 0 Å². The summed E-state index contributed by atoms with van der Waals surface area (Å²) >= 11 is 0. The Morgan fingerprint density at radius 2 is 1.81 bits per heavy atom. The highest BCUT2D eigenvalue weighted by atomic mass is 16.5. The van der Waals surface area contributed by atoms with E-state index in [2.05, 4.69) is 0 Å². The number of ether oxygens (including phenoxy) is 1. The van der Waals surface area contributed by atoms with Gasteiger partial charge in [0.2, 0.25) is 0 Å². The fourth-order valence-electron chi connectivity index (χ4n) is 2.07. The second-order valence-corrected chi connectivity index (χ2v) is 5.11. The number of benzene rings is 2. The van der Waals surface area contributed by atoms with Crippen molar-refractivity contribution < 1.29 is 14.3 Å². The molecule has 0 amide bonds. The topological polar surface area (TPSA) is 43.4 Å². The maximum atomic E-state index is 12.2. The second kappa shape index (κ2) is 6.35. The van der Waals surface area contributed by atoms with E-state index in [9.17, 15) is 9.59 Å². The number of ketones is 2. The summed E-state index contributed by atoms with van der Waals surface area (Å²) in [6, 6.07) is 12.6. The number of hydrogen-bond acceptors (Lipinski definition) is 3. The molecule has 0 radical (unpaired) electrons. The summed E-state index contributed by atoms with van der Waals surface area (Å²) in [6.45, 7) is 5.32. The molecule has 0 aromatic heterocycles. The van der Waals surface area contributed by atoms with Gasteiger partial charge >= 0.3 is 0 Å². The Bertz CT molecular complexity index is 687. The SMILES string of the molecule is CC(=O)c1cccc(OCC(=O)c2cc(C)ccc2C)c1. The molecule has 0 aliphatic heterocycles. The highest BCUT2D eigenvalue weighted by molar-refractivity contribution is 5.98. The lowest BCUT2D eigenvalue weighted by Gasteiger charge is -2.09. The Balaban J connectivity index is 2.09. The third-order valence-corrected chi connectivity index (χ3v) is 3.30. The van der Waals surface area contributed by atoms with Crippen molar-refractivity contribution in [2.45, 2.75) is 20.8 Å². The first kappa shape index (κ1) is 15.0. The number of Topliss-reactive ketones (excluding diaryl/α,β-unsaturated/α-hetero) is 2. The van der Waals surface area contributed by atoms with E-state index >= 15 is 0 Å². The van der Waals surface area contributed by atoms with Gasteiger partial charge in [-0.25, -0.2) is 0 Å². The van der Waals surface area contributed by atoms with Crippen molar-refractivity contribution in [3.63, 3.8) is 0 Å². The van der Waals surface area contributed by atoms with Crippen molar-refractivity contribution in [1.82, 2.24) is 0 Å². The molecule has 2 rings (SSSR count). The molecule has 0 aliphatic carbocycles. The summed E-state index contributed by atoms with van der Waals surface area (Å²) in [5.74, 6) is 0.437. The van der Waals surface area contributed by atoms with Gasteiger partial charge in [0.25, 0.3) is 0 Å². The molecule has 0 aliphatic rings. The van der Waals surface area contributed by atoms with Gasteiger partial charge in [-0.2, -0.15) is 0 Å². The van der Waals surface area contributed by atoms with Crippen molar-refractivity contribution in [3.8, 4) is 5.75 Å². The molecule has 0 unspecified atom stereocenters. The minimum atomic E-state index is -0.0653. The molecular weight excluding hydrogens is 264 g/mol. The molecule has 2 aromatic carbocycles. The third kappa shape index (κ3) is 3.78. The lowest BCUT2D eigenvalue weighted by molar-refractivity contribution is 0.0921. The highest BCUT2D eigenvalue weighted by Crippen LogP contribution is 2.16. The van der Waals surface area contributed by atoms with Crippen LogP contribution in [0.4, 0.5) is 0 Å². The van der Waals surface area contributed by atoms with Crippen LogP contribution in [0.3, 0.4) is 0 Å². The van der Waals surface area contributed by atoms with Crippen LogP contribution < -0.4 is 4.74 Å². The highest BCUT2D eigenvalue weighted by Gasteiger charge is 2.10. The average Bonchev–Trinajstić information content (AvgIpc) is 2.47. The predicted molar refractivity (Wildman–Crippen MR) is 82.2 cm³/mol. The van der Waals surface area contributed by atoms with Gasteiger partial charge in [0.15, 0.2) is 18.2 Å². The lowest BCUT2D eigenvalue weighted by atomic mass is 10.0. The van der Waals surface area contributed by atoms with Crippen molar-refractivity contribution in [3.05, 3.63) is 64.7 Å². The standard InChI is InChI=1S/C18H18O3/c1-12-7-8-13(2)17(9-12)18(20)11-21-16-6-4-5-15(10-16)14(3)19/h4-10H,11H2,1-3H3. The predicted octanol–water partition coefficient (Wildman–Crippen LogP) is 3.77. The van der Waals surface area contributed by atoms with Crippen LogP contribution in [0.15, 0.2) is 42.5 Å². The summed E-state index contributed by atoms with van der Waals surface area (Å²) < 4.78 is 5.51. The Labute approximate surface area is 124 Å². The number of rotatable bonds is 5. The molecule has 0 atom stereocenters. The van der Waals surface area contributed by atoms with E-state index in [0.717, 1.165) is 11.1 Å². The van der Waals surface area contributed by atoms with Crippen LogP contribution in [-0.2, 0) is 0 Å². The lowest BCUT2D eigenvalue weighted by Crippen LogP contribution is -2.13. The smallest absolute Gasteiger partial charge is 0.200 e. The molecule has 3 heteroatoms. The third-order valence-electron chi connectivity index (χ3n) is 3.30. The molecule has 0 N–H and O–H groups in total. The van der Waals surface area contributed by atoms with Crippen LogP contribution in [0.1, 0.15) is 38.8 Å². The molecule has 108 valence electrons. The zero-order valence-electron chi connectivity index (χ0n) is 12.5. The molecule has 0 spiro atoms. The van der Waals surface area contributed by atoms with Gasteiger partial charge in [-0.05, 0) is 44.5 Å². The largest absolute Gasteiger partial charge is 0.485 e. The summed E-state index contributed by atoms with van der Waals surface area (Å²) in [7, 11) is 0. The summed E-state index contributed by atoms with van der Waals surface area (Å²) in [5, 5.41) is 0. The van der Waals surface area contributed by atoms with Crippen molar-refractivity contribution >= 4 is 11.6 Å². The normalized spacial score (nSPS) is 10.2. The summed E-state index contributed by atoms with van der Waals surface area (Å²) in [4.78, 5) is 23.5. The molecule has 0 heterocycles. The fraction of sp³-hybridized carbons (Fsp3) is 0.222. The van der Waals surface area contributed by atoms with E-state index in [1.807, 2.05) is 32.0 Å². The Morgan fingerprint density at radius 1 is 1.05 bits per heavy atom. The molecular formula is C18H18O3. The number of carbonyl (C=O) groups excluding carboxylic acids is 2. The summed E-state index contributed by atoms with van der Waals surface area (Å²) in [6.07, 6.45) is 0. The monoisotopic (exact) mass is 282 g/mol. The van der Waals surface area contributed by atoms with Gasteiger partial charge < -0.3 is 4.74 Å². The van der Waals surface area contributed by atoms with E-state index in [1.54, 1.807) is 24.3 Å². The van der Waals surface area contributed by atoms with Crippen LogP contribution in [0.25, 0.3) is 0 Å². The van der Waals surface area contributed by atoms with Crippen LogP contribution in [0.2, 0.25) is 0 Å². The number of aryl methyl sites for hydroxylation is 2. The van der Waals surface area contributed by atoms with E-state index in [0.29, 0.717) is 16.9 Å². The maximum Gasteiger partial charge on any atom is 0.200 e. The van der Waals surface area contributed by atoms with Gasteiger partial charge in [0.1, 0.15) is 5.75 Å². The Morgan fingerprint density at radius 3 is 2.52 bits per heavy atom. The van der Waals surface area contributed by atoms with Crippen LogP contribution in [0, 0.1) is 13.8 Å². The van der Waals surface area contributed by atoms with Crippen LogP contribution >= 0.6 is 0 Å². The second-order valence-electron chi connectivity index (χ2n) is 5.11. The minimum Gasteiger partial charge on any atom is -0.485 e. The Kier molecular flexibility index (Phi) is 4.53. The van der Waals surface area contributed by atoms with E-state index in [1.165, 1.54) is 6.92 Å². The van der Waals surface area contributed by atoms with E-state index < -0.39 is 0 Å². The van der Waals surface area contributed by atoms with Crippen molar-refractivity contribution in [1.29, 1.82) is 0 Å². The molecule has 2 aromatic rings. The minimum absolute atomic E-state index is 0.0266. The maximum absolute atomic E-state index is 12.2. The van der Waals surface area contributed by atoms with Crippen molar-refractivity contribution in [2.24, 2.45) is 0 Å². The zero-order chi connectivity index (χ0) is 15.4. The average molecular weight is 282 g/mol. The van der Waals surface area contributed by atoms with Crippen LogP contribution in [-0.4, -0.2) is 18.2 Å². The van der Waals surface area contributed by atoms with Gasteiger partial charge in [-0.1, -0.05) is 29.8 Å². The molecule has 0 saturated carbocycles. The molecule has 3 nitrogen and oxygen atoms in total. The van der Waals surface area contributed by atoms with Gasteiger partial charge in [-0.3, -0.25) is 9.59 Å². The first-order valence-corrected chi connectivity index (χ1v) is 6.81. The quantitative estimate of drug-likeness (QED) is 0.784. The Hall–Kier alpha value is -2.42. The van der Waals surface area contributed by atoms with E-state index in [4.69, 9.17) is 4.74 Å². The molecule has 0 fully saturated rings. The molecule has 0 bridgehead atoms. The first-order chi connectivity index (χ1) is 9.97. The zero-order valence-corrected chi connectivity index (χ0v) is 12.5. The van der Waals surface area contributed by atoms with Crippen LogP contribution in [0.5, 0.6) is 5.75 Å². The van der Waals surface area contributed by atoms with Crippen molar-refractivity contribution in [2.75, 3.05) is 6.61 Å². The summed E-state index contributed by atoms with van der Waals surface area (Å²) in [5.41, 5.74) is 3.23.